The van der Waals surface area contributed by atoms with Crippen LogP contribution in [0.5, 0.6) is 0 Å². The van der Waals surface area contributed by atoms with Crippen LogP contribution >= 0.6 is 0 Å². The van der Waals surface area contributed by atoms with E-state index in [1.807, 2.05) is 19.1 Å². The Morgan fingerprint density at radius 1 is 1.11 bits per heavy atom. The predicted molar refractivity (Wildman–Crippen MR) is 92.7 cm³/mol. The third kappa shape index (κ3) is 31.6. The molecule has 0 aliphatic carbocycles. The molecule has 0 bridgehead atoms. The molecule has 0 atom stereocenters. The summed E-state index contributed by atoms with van der Waals surface area (Å²) in [5, 5.41) is 0. The molecule has 0 unspecified atom stereocenters. The van der Waals surface area contributed by atoms with Crippen molar-refractivity contribution >= 4 is 0 Å². The van der Waals surface area contributed by atoms with Gasteiger partial charge in [0, 0.05) is 0 Å². The lowest BCUT2D eigenvalue weighted by atomic mass is 10.1. The molecule has 0 radical (unpaired) electrons. The molecule has 0 aromatic heterocycles. The van der Waals surface area contributed by atoms with Crippen LogP contribution in [0.1, 0.15) is 47.5 Å². The molecule has 1 nitrogen and oxygen atoms in total. The highest BCUT2D eigenvalue weighted by atomic mass is 15.0. The van der Waals surface area contributed by atoms with E-state index in [2.05, 4.69) is 65.9 Å². The second-order valence-corrected chi connectivity index (χ2v) is 4.76. The summed E-state index contributed by atoms with van der Waals surface area (Å²) < 4.78 is 0. The SMILES string of the molecule is C=C/C=C(\C=C(C)C)CC.C=CC.CCCN(C)C. The minimum absolute atomic E-state index is 1.08. The third-order valence-electron chi connectivity index (χ3n) is 1.89. The maximum Gasteiger partial charge on any atom is -0.00275 e. The molecule has 0 spiro atoms. The molecule has 0 saturated carbocycles. The molecule has 0 aliphatic heterocycles. The van der Waals surface area contributed by atoms with E-state index < -0.39 is 0 Å². The largest absolute Gasteiger partial charge is 0.309 e. The van der Waals surface area contributed by atoms with Gasteiger partial charge in [-0.3, -0.25) is 0 Å². The van der Waals surface area contributed by atoms with Crippen LogP contribution < -0.4 is 0 Å². The molecule has 0 aromatic carbocycles. The molecule has 0 fully saturated rings. The summed E-state index contributed by atoms with van der Waals surface area (Å²) in [5.41, 5.74) is 2.69. The van der Waals surface area contributed by atoms with Crippen LogP contribution in [0.3, 0.4) is 0 Å². The Bertz CT molecular complexity index is 250. The molecule has 0 heterocycles. The van der Waals surface area contributed by atoms with Gasteiger partial charge in [0.15, 0.2) is 0 Å². The van der Waals surface area contributed by atoms with Gasteiger partial charge in [-0.05, 0) is 59.8 Å². The van der Waals surface area contributed by atoms with E-state index in [1.165, 1.54) is 24.1 Å². The van der Waals surface area contributed by atoms with Gasteiger partial charge in [-0.2, -0.15) is 0 Å². The van der Waals surface area contributed by atoms with Gasteiger partial charge in [0.25, 0.3) is 0 Å². The first-order chi connectivity index (χ1) is 8.89. The number of hydrogen-bond acceptors (Lipinski definition) is 1. The lowest BCUT2D eigenvalue weighted by Gasteiger charge is -2.03. The van der Waals surface area contributed by atoms with Crippen molar-refractivity contribution in [2.75, 3.05) is 20.6 Å². The summed E-state index contributed by atoms with van der Waals surface area (Å²) in [6.45, 7) is 18.6. The highest BCUT2D eigenvalue weighted by Gasteiger charge is 1.85. The second-order valence-electron chi connectivity index (χ2n) is 4.76. The van der Waals surface area contributed by atoms with Crippen LogP contribution in [0.4, 0.5) is 0 Å². The fraction of sp³-hybridized carbons (Fsp3) is 0.556. The van der Waals surface area contributed by atoms with Crippen molar-refractivity contribution in [3.8, 4) is 0 Å². The Hall–Kier alpha value is -1.08. The minimum Gasteiger partial charge on any atom is -0.309 e. The smallest absolute Gasteiger partial charge is 0.00275 e. The highest BCUT2D eigenvalue weighted by molar-refractivity contribution is 5.24. The van der Waals surface area contributed by atoms with E-state index in [0.29, 0.717) is 0 Å². The fourth-order valence-electron chi connectivity index (χ4n) is 1.24. The van der Waals surface area contributed by atoms with E-state index >= 15 is 0 Å². The van der Waals surface area contributed by atoms with Gasteiger partial charge >= 0.3 is 0 Å². The molecule has 0 aromatic rings. The predicted octanol–water partition coefficient (Wildman–Crippen LogP) is 5.63. The Labute approximate surface area is 122 Å². The van der Waals surface area contributed by atoms with Crippen molar-refractivity contribution in [3.63, 3.8) is 0 Å². The highest BCUT2D eigenvalue weighted by Crippen LogP contribution is 2.05. The van der Waals surface area contributed by atoms with E-state index in [4.69, 9.17) is 0 Å². The van der Waals surface area contributed by atoms with Crippen molar-refractivity contribution in [2.24, 2.45) is 0 Å². The lowest BCUT2D eigenvalue weighted by Crippen LogP contribution is -2.11. The minimum atomic E-state index is 1.08. The number of nitrogens with zero attached hydrogens (tertiary/aromatic N) is 1. The second kappa shape index (κ2) is 19.3. The maximum absolute atomic E-state index is 3.65. The average molecular weight is 265 g/mol. The Morgan fingerprint density at radius 2 is 1.58 bits per heavy atom. The van der Waals surface area contributed by atoms with Crippen molar-refractivity contribution in [2.45, 2.75) is 47.5 Å². The van der Waals surface area contributed by atoms with Gasteiger partial charge in [-0.1, -0.05) is 50.3 Å². The van der Waals surface area contributed by atoms with E-state index in [0.717, 1.165) is 6.42 Å². The maximum atomic E-state index is 3.65. The fourth-order valence-corrected chi connectivity index (χ4v) is 1.24. The summed E-state index contributed by atoms with van der Waals surface area (Å²) in [6, 6.07) is 0. The zero-order valence-corrected chi connectivity index (χ0v) is 14.3. The van der Waals surface area contributed by atoms with E-state index in [9.17, 15) is 0 Å². The zero-order valence-electron chi connectivity index (χ0n) is 14.3. The molecule has 0 N–H and O–H groups in total. The van der Waals surface area contributed by atoms with Gasteiger partial charge in [-0.25, -0.2) is 0 Å². The van der Waals surface area contributed by atoms with Gasteiger partial charge in [0.2, 0.25) is 0 Å². The van der Waals surface area contributed by atoms with Gasteiger partial charge in [0.1, 0.15) is 0 Å². The standard InChI is InChI=1S/C10H16.C5H13N.C3H6/c1-5-7-10(6-2)8-9(3)4;1-4-5-6(2)3;1-3-2/h5,7-8H,1,6H2,2-4H3;4-5H2,1-3H3;3H,1H2,2H3/b10-7-;;. The van der Waals surface area contributed by atoms with Crippen molar-refractivity contribution in [3.05, 3.63) is 48.6 Å². The summed E-state index contributed by atoms with van der Waals surface area (Å²) in [7, 11) is 4.17. The molecule has 112 valence electrons. The number of hydrogen-bond donors (Lipinski definition) is 0. The van der Waals surface area contributed by atoms with Crippen molar-refractivity contribution in [1.29, 1.82) is 0 Å². The van der Waals surface area contributed by atoms with Crippen LogP contribution in [0.2, 0.25) is 0 Å². The third-order valence-corrected chi connectivity index (χ3v) is 1.89. The lowest BCUT2D eigenvalue weighted by molar-refractivity contribution is 0.408. The molecule has 0 amide bonds. The van der Waals surface area contributed by atoms with Gasteiger partial charge < -0.3 is 4.90 Å². The van der Waals surface area contributed by atoms with Gasteiger partial charge in [-0.15, -0.1) is 6.58 Å². The summed E-state index contributed by atoms with van der Waals surface area (Å²) >= 11 is 0. The Morgan fingerprint density at radius 3 is 1.74 bits per heavy atom. The summed E-state index contributed by atoms with van der Waals surface area (Å²) in [5.74, 6) is 0. The van der Waals surface area contributed by atoms with E-state index in [-0.39, 0.29) is 0 Å². The molecule has 19 heavy (non-hydrogen) atoms. The Kier molecular flexibility index (Phi) is 23.4. The van der Waals surface area contributed by atoms with Crippen LogP contribution in [0, 0.1) is 0 Å². The van der Waals surface area contributed by atoms with Crippen LogP contribution in [-0.4, -0.2) is 25.5 Å². The monoisotopic (exact) mass is 265 g/mol. The van der Waals surface area contributed by atoms with Crippen LogP contribution in [0.25, 0.3) is 0 Å². The molecule has 0 saturated heterocycles. The normalized spacial score (nSPS) is 9.58. The Balaban J connectivity index is -0.000000242. The first-order valence-corrected chi connectivity index (χ1v) is 7.07. The topological polar surface area (TPSA) is 3.24 Å². The molecular weight excluding hydrogens is 230 g/mol. The zero-order chi connectivity index (χ0) is 15.7. The summed E-state index contributed by atoms with van der Waals surface area (Å²) in [6.07, 6.45) is 10.1. The molecule has 1 heteroatoms. The number of allylic oxidation sites excluding steroid dienone is 6. The van der Waals surface area contributed by atoms with Crippen LogP contribution in [-0.2, 0) is 0 Å². The molecule has 0 aliphatic rings. The molecular formula is C18H35N. The van der Waals surface area contributed by atoms with Gasteiger partial charge in [0.05, 0.1) is 0 Å². The van der Waals surface area contributed by atoms with Crippen molar-refractivity contribution in [1.82, 2.24) is 4.90 Å². The number of rotatable bonds is 5. The summed E-state index contributed by atoms with van der Waals surface area (Å²) in [4.78, 5) is 2.18. The quantitative estimate of drug-likeness (QED) is 0.460. The first kappa shape index (κ1) is 23.0. The first-order valence-electron chi connectivity index (χ1n) is 7.07. The van der Waals surface area contributed by atoms with E-state index in [1.54, 1.807) is 6.08 Å². The molecule has 0 rings (SSSR count). The average Bonchev–Trinajstić information content (AvgIpc) is 2.29. The van der Waals surface area contributed by atoms with Crippen LogP contribution in [0.15, 0.2) is 48.6 Å². The van der Waals surface area contributed by atoms with Crippen molar-refractivity contribution < 1.29 is 0 Å².